The van der Waals surface area contributed by atoms with Crippen molar-refractivity contribution in [2.45, 2.75) is 13.1 Å². The Bertz CT molecular complexity index is 1070. The van der Waals surface area contributed by atoms with E-state index in [2.05, 4.69) is 57.8 Å². The maximum Gasteiger partial charge on any atom is 0.335 e. The molecule has 1 aromatic carbocycles. The van der Waals surface area contributed by atoms with Crippen molar-refractivity contribution in [2.75, 3.05) is 0 Å². The van der Waals surface area contributed by atoms with Crippen molar-refractivity contribution in [3.05, 3.63) is 48.7 Å². The van der Waals surface area contributed by atoms with Gasteiger partial charge in [-0.1, -0.05) is 23.5 Å². The van der Waals surface area contributed by atoms with Crippen LogP contribution >= 0.6 is 27.0 Å². The zero-order valence-corrected chi connectivity index (χ0v) is 17.4. The van der Waals surface area contributed by atoms with Crippen LogP contribution in [0.2, 0.25) is 0 Å². The number of pyridine rings is 1. The molecule has 3 aromatic rings. The minimum absolute atomic E-state index is 1.06. The number of thiazole rings is 1. The fourth-order valence-corrected chi connectivity index (χ4v) is 3.75. The van der Waals surface area contributed by atoms with Crippen LogP contribution in [0.3, 0.4) is 0 Å². The number of hydrogen-bond donors (Lipinski definition) is 0. The van der Waals surface area contributed by atoms with Gasteiger partial charge in [0, 0.05) is 18.2 Å². The monoisotopic (exact) mass is 530 g/mol. The molecule has 0 N–H and O–H groups in total. The van der Waals surface area contributed by atoms with Crippen molar-refractivity contribution >= 4 is 37.2 Å². The van der Waals surface area contributed by atoms with E-state index in [1.165, 1.54) is 20.9 Å². The SMILES string of the molecule is F[P-](F)(F)(F)(F)F.F[P-](F)(F)(F)(F)F.c1cc[n+]2c(c1)-c1sc3ccccc3[n+]1CC2. The van der Waals surface area contributed by atoms with Gasteiger partial charge < -0.3 is 0 Å². The number of aromatic nitrogens is 2. The Morgan fingerprint density at radius 2 is 1.13 bits per heavy atom. The Morgan fingerprint density at radius 1 is 0.645 bits per heavy atom. The summed E-state index contributed by atoms with van der Waals surface area (Å²) in [6, 6.07) is 15.1. The molecule has 2 aromatic heterocycles. The second-order valence-corrected chi connectivity index (χ2v) is 11.1. The molecule has 0 unspecified atom stereocenters. The maximum absolute atomic E-state index is 10.7. The summed E-state index contributed by atoms with van der Waals surface area (Å²) >= 11 is 1.88. The molecule has 1 aliphatic heterocycles. The minimum atomic E-state index is -10.7. The maximum atomic E-state index is 9.87. The minimum Gasteiger partial charge on any atom is -0.186 e. The van der Waals surface area contributed by atoms with Gasteiger partial charge in [-0.3, -0.25) is 0 Å². The molecule has 1 aliphatic rings. The van der Waals surface area contributed by atoms with Gasteiger partial charge in [-0.15, -0.1) is 0 Å². The van der Waals surface area contributed by atoms with E-state index in [0.717, 1.165) is 13.1 Å². The van der Waals surface area contributed by atoms with Crippen molar-refractivity contribution in [2.24, 2.45) is 0 Å². The van der Waals surface area contributed by atoms with Gasteiger partial charge in [0.25, 0.3) is 5.69 Å². The van der Waals surface area contributed by atoms with E-state index in [0.29, 0.717) is 0 Å². The van der Waals surface area contributed by atoms with E-state index >= 15 is 0 Å². The average Bonchev–Trinajstić information content (AvgIpc) is 2.88. The first kappa shape index (κ1) is 25.5. The normalized spacial score (nSPS) is 17.8. The van der Waals surface area contributed by atoms with E-state index in [9.17, 15) is 50.4 Å². The van der Waals surface area contributed by atoms with Crippen LogP contribution in [0.1, 0.15) is 0 Å². The third-order valence-corrected chi connectivity index (χ3v) is 4.52. The quantitative estimate of drug-likeness (QED) is 0.156. The third kappa shape index (κ3) is 11.5. The van der Waals surface area contributed by atoms with Gasteiger partial charge in [-0.25, -0.2) is 0 Å². The first-order chi connectivity index (χ1) is 13.3. The van der Waals surface area contributed by atoms with Gasteiger partial charge in [-0.05, 0) is 12.1 Å². The van der Waals surface area contributed by atoms with Crippen molar-refractivity contribution in [3.63, 3.8) is 0 Å². The first-order valence-electron chi connectivity index (χ1n) is 7.86. The van der Waals surface area contributed by atoms with E-state index < -0.39 is 15.6 Å². The van der Waals surface area contributed by atoms with Crippen LogP contribution in [0.25, 0.3) is 20.9 Å². The van der Waals surface area contributed by atoms with Gasteiger partial charge in [0.2, 0.25) is 18.6 Å². The van der Waals surface area contributed by atoms with Crippen LogP contribution in [-0.4, -0.2) is 0 Å². The van der Waals surface area contributed by atoms with Crippen LogP contribution in [-0.2, 0) is 13.1 Å². The molecule has 0 saturated heterocycles. The second kappa shape index (κ2) is 6.41. The van der Waals surface area contributed by atoms with E-state index in [-0.39, 0.29) is 0 Å². The third-order valence-electron chi connectivity index (χ3n) is 3.33. The Morgan fingerprint density at radius 3 is 1.68 bits per heavy atom. The van der Waals surface area contributed by atoms with E-state index in [4.69, 9.17) is 0 Å². The predicted molar refractivity (Wildman–Crippen MR) is 94.8 cm³/mol. The molecule has 0 aliphatic carbocycles. The number of para-hydroxylation sites is 1. The Balaban J connectivity index is 0.000000206. The van der Waals surface area contributed by atoms with Crippen molar-refractivity contribution in [1.29, 1.82) is 0 Å². The summed E-state index contributed by atoms with van der Waals surface area (Å²) in [5, 5.41) is 1.37. The first-order valence-corrected chi connectivity index (χ1v) is 12.7. The number of rotatable bonds is 0. The van der Waals surface area contributed by atoms with Crippen LogP contribution in [0, 0.1) is 0 Å². The van der Waals surface area contributed by atoms with E-state index in [1.54, 1.807) is 0 Å². The fraction of sp³-hybridized carbons (Fsp3) is 0.143. The van der Waals surface area contributed by atoms with Gasteiger partial charge in [-0.2, -0.15) is 9.13 Å². The zero-order chi connectivity index (χ0) is 24.1. The summed E-state index contributed by atoms with van der Waals surface area (Å²) in [5.74, 6) is 0. The van der Waals surface area contributed by atoms with E-state index in [1.807, 2.05) is 11.3 Å². The summed E-state index contributed by atoms with van der Waals surface area (Å²) in [4.78, 5) is 0. The Labute approximate surface area is 169 Å². The molecule has 0 spiro atoms. The molecule has 3 heterocycles. The Kier molecular flexibility index (Phi) is 5.28. The summed E-state index contributed by atoms with van der Waals surface area (Å²) in [7, 11) is -21.3. The Hall–Kier alpha value is -1.72. The number of halogens is 12. The standard InChI is InChI=1S/C14H12N2S.2F6P/c1-2-7-13-11(5-1)16-10-9-15-8-4-3-6-12(15)14(16)17-13;2*1-7(2,3,4,5)6/h1-8H,9-10H2;;/q+2;2*-1. The molecule has 17 heteroatoms. The molecule has 0 fully saturated rings. The van der Waals surface area contributed by atoms with Crippen LogP contribution < -0.4 is 9.13 Å². The molecule has 0 atom stereocenters. The van der Waals surface area contributed by atoms with Crippen LogP contribution in [0.4, 0.5) is 50.4 Å². The molecule has 0 amide bonds. The largest absolute Gasteiger partial charge is 0.335 e. The summed E-state index contributed by atoms with van der Waals surface area (Å²) in [5.41, 5.74) is 2.70. The van der Waals surface area contributed by atoms with Gasteiger partial charge in [0.1, 0.15) is 4.70 Å². The summed E-state index contributed by atoms with van der Waals surface area (Å²) in [6.45, 7) is 2.13. The fourth-order valence-electron chi connectivity index (χ4n) is 2.52. The number of nitrogens with zero attached hydrogens (tertiary/aromatic N) is 2. The average molecular weight is 530 g/mol. The van der Waals surface area contributed by atoms with Crippen molar-refractivity contribution < 1.29 is 59.5 Å². The topological polar surface area (TPSA) is 7.76 Å². The molecule has 31 heavy (non-hydrogen) atoms. The number of aryl methyl sites for hydroxylation is 2. The van der Waals surface area contributed by atoms with Crippen molar-refractivity contribution in [3.8, 4) is 10.7 Å². The number of fused-ring (bicyclic) bond motifs is 5. The summed E-state index contributed by atoms with van der Waals surface area (Å²) < 4.78 is 125. The molecular formula is C14H12F12N2P2S. The molecule has 2 nitrogen and oxygen atoms in total. The zero-order valence-electron chi connectivity index (χ0n) is 14.8. The summed E-state index contributed by atoms with van der Waals surface area (Å²) in [6.07, 6.45) is 2.17. The number of benzene rings is 1. The second-order valence-electron chi connectivity index (χ2n) is 6.22. The smallest absolute Gasteiger partial charge is 0.186 e. The molecule has 0 radical (unpaired) electrons. The predicted octanol–water partition coefficient (Wildman–Crippen LogP) is 8.92. The van der Waals surface area contributed by atoms with Crippen molar-refractivity contribution in [1.82, 2.24) is 0 Å². The van der Waals surface area contributed by atoms with Crippen LogP contribution in [0.15, 0.2) is 48.7 Å². The molecule has 178 valence electrons. The van der Waals surface area contributed by atoms with Gasteiger partial charge in [0.15, 0.2) is 6.20 Å². The molecular weight excluding hydrogens is 518 g/mol. The molecule has 0 saturated carbocycles. The molecule has 4 rings (SSSR count). The van der Waals surface area contributed by atoms with Gasteiger partial charge >= 0.3 is 71.0 Å². The molecule has 0 bridgehead atoms. The number of hydrogen-bond acceptors (Lipinski definition) is 1. The van der Waals surface area contributed by atoms with Crippen LogP contribution in [0.5, 0.6) is 0 Å². The van der Waals surface area contributed by atoms with Gasteiger partial charge in [0.05, 0.1) is 0 Å².